The number of halogens is 1. The molecule has 7 heteroatoms. The largest absolute Gasteiger partial charge is 0.387 e. The molecule has 2 N–H and O–H groups in total. The van der Waals surface area contributed by atoms with E-state index in [0.29, 0.717) is 24.8 Å². The highest BCUT2D eigenvalue weighted by Gasteiger charge is 2.31. The zero-order valence-corrected chi connectivity index (χ0v) is 24.7. The van der Waals surface area contributed by atoms with E-state index in [1.807, 2.05) is 12.3 Å². The topological polar surface area (TPSA) is 82.2 Å². The number of nitrogens with one attached hydrogen (secondary N) is 1. The average molecular weight is 592 g/mol. The van der Waals surface area contributed by atoms with Crippen molar-refractivity contribution < 1.29 is 9.90 Å². The van der Waals surface area contributed by atoms with E-state index in [-0.39, 0.29) is 11.8 Å². The lowest BCUT2D eigenvalue weighted by Crippen LogP contribution is -2.40. The van der Waals surface area contributed by atoms with E-state index < -0.39 is 6.61 Å². The molecule has 3 heterocycles. The monoisotopic (exact) mass is 590 g/mol. The first-order valence-electron chi connectivity index (χ1n) is 13.9. The van der Waals surface area contributed by atoms with Gasteiger partial charge in [-0.1, -0.05) is 68.5 Å². The van der Waals surface area contributed by atoms with Gasteiger partial charge in [-0.15, -0.1) is 0 Å². The quantitative estimate of drug-likeness (QED) is 0.343. The summed E-state index contributed by atoms with van der Waals surface area (Å²) in [5, 5.41) is 23.1. The molecular formula is C32H39BrN4O2. The number of aromatic nitrogens is 2. The van der Waals surface area contributed by atoms with Crippen molar-refractivity contribution in [3.05, 3.63) is 87.7 Å². The molecule has 0 spiro atoms. The van der Waals surface area contributed by atoms with Gasteiger partial charge in [-0.25, -0.2) is 4.68 Å². The van der Waals surface area contributed by atoms with Gasteiger partial charge in [0.2, 0.25) is 5.91 Å². The van der Waals surface area contributed by atoms with E-state index in [1.165, 1.54) is 16.7 Å². The molecular weight excluding hydrogens is 552 g/mol. The van der Waals surface area contributed by atoms with Crippen molar-refractivity contribution in [3.8, 4) is 0 Å². The summed E-state index contributed by atoms with van der Waals surface area (Å²) in [6.07, 6.45) is 15.0. The van der Waals surface area contributed by atoms with Crippen molar-refractivity contribution in [2.75, 3.05) is 19.7 Å². The fraction of sp³-hybridized carbons (Fsp3) is 0.406. The minimum absolute atomic E-state index is 0.205. The van der Waals surface area contributed by atoms with E-state index in [2.05, 4.69) is 85.3 Å². The number of fused-ring (bicyclic) bond motifs is 1. The van der Waals surface area contributed by atoms with Crippen LogP contribution in [-0.2, 0) is 4.79 Å². The SMILES string of the molecule is CCC=CC(=CC=C(C)c1ccccc1)c1cnn2c1C(C)CCC(C1CCN(C(=O)CO)CC1)=C(Br)C2=N. The summed E-state index contributed by atoms with van der Waals surface area (Å²) in [5.74, 6) is 0.679. The Balaban J connectivity index is 1.67. The summed E-state index contributed by atoms with van der Waals surface area (Å²) in [6, 6.07) is 10.4. The summed E-state index contributed by atoms with van der Waals surface area (Å²) in [6.45, 7) is 7.34. The van der Waals surface area contributed by atoms with Gasteiger partial charge in [-0.05, 0) is 89.1 Å². The highest BCUT2D eigenvalue weighted by atomic mass is 79.9. The maximum Gasteiger partial charge on any atom is 0.248 e. The van der Waals surface area contributed by atoms with Crippen LogP contribution in [0.25, 0.3) is 11.1 Å². The Morgan fingerprint density at radius 3 is 2.56 bits per heavy atom. The Bertz CT molecular complexity index is 1310. The second kappa shape index (κ2) is 13.4. The average Bonchev–Trinajstić information content (AvgIpc) is 3.41. The van der Waals surface area contributed by atoms with E-state index in [9.17, 15) is 9.90 Å². The Morgan fingerprint density at radius 1 is 1.18 bits per heavy atom. The maximum absolute atomic E-state index is 11.9. The molecule has 6 nitrogen and oxygen atoms in total. The van der Waals surface area contributed by atoms with Gasteiger partial charge in [0.1, 0.15) is 6.61 Å². The fourth-order valence-corrected chi connectivity index (χ4v) is 6.24. The van der Waals surface area contributed by atoms with Crippen LogP contribution < -0.4 is 0 Å². The van der Waals surface area contributed by atoms with Crippen LogP contribution in [0.3, 0.4) is 0 Å². The number of aliphatic hydroxyl groups excluding tert-OH is 1. The second-order valence-electron chi connectivity index (χ2n) is 10.4. The molecule has 0 aliphatic carbocycles. The number of nitrogens with zero attached hydrogens (tertiary/aromatic N) is 3. The van der Waals surface area contributed by atoms with Gasteiger partial charge < -0.3 is 10.0 Å². The first-order valence-corrected chi connectivity index (χ1v) is 14.7. The third kappa shape index (κ3) is 6.59. The molecule has 2 aliphatic rings. The number of hydrogen-bond donors (Lipinski definition) is 2. The zero-order chi connectivity index (χ0) is 27.9. The van der Waals surface area contributed by atoms with Crippen molar-refractivity contribution in [1.29, 1.82) is 5.41 Å². The number of rotatable bonds is 7. The number of benzene rings is 1. The van der Waals surface area contributed by atoms with Crippen LogP contribution in [0.15, 0.2) is 70.9 Å². The number of likely N-dealkylation sites (tertiary alicyclic amines) is 1. The van der Waals surface area contributed by atoms with Crippen LogP contribution in [0.5, 0.6) is 0 Å². The van der Waals surface area contributed by atoms with Crippen LogP contribution in [0, 0.1) is 11.3 Å². The Morgan fingerprint density at radius 2 is 1.90 bits per heavy atom. The van der Waals surface area contributed by atoms with Gasteiger partial charge in [-0.3, -0.25) is 10.2 Å². The number of hydrogen-bond acceptors (Lipinski definition) is 4. The van der Waals surface area contributed by atoms with Gasteiger partial charge in [0.25, 0.3) is 0 Å². The Hall–Kier alpha value is -3.03. The van der Waals surface area contributed by atoms with Crippen LogP contribution in [-0.4, -0.2) is 51.2 Å². The lowest BCUT2D eigenvalue weighted by Gasteiger charge is -2.34. The molecule has 2 aliphatic heterocycles. The van der Waals surface area contributed by atoms with Crippen molar-refractivity contribution in [2.24, 2.45) is 5.92 Å². The highest BCUT2D eigenvalue weighted by Crippen LogP contribution is 2.39. The maximum atomic E-state index is 11.9. The van der Waals surface area contributed by atoms with E-state index in [0.717, 1.165) is 53.4 Å². The first kappa shape index (κ1) is 29.0. The lowest BCUT2D eigenvalue weighted by molar-refractivity contribution is -0.135. The lowest BCUT2D eigenvalue weighted by atomic mass is 9.83. The van der Waals surface area contributed by atoms with Crippen molar-refractivity contribution in [2.45, 2.75) is 58.8 Å². The summed E-state index contributed by atoms with van der Waals surface area (Å²) >= 11 is 3.79. The summed E-state index contributed by atoms with van der Waals surface area (Å²) in [4.78, 5) is 13.7. The molecule has 0 radical (unpaired) electrons. The predicted molar refractivity (Wildman–Crippen MR) is 163 cm³/mol. The minimum atomic E-state index is -0.435. The van der Waals surface area contributed by atoms with Gasteiger partial charge >= 0.3 is 0 Å². The molecule has 1 fully saturated rings. The van der Waals surface area contributed by atoms with E-state index in [4.69, 9.17) is 10.5 Å². The molecule has 1 atom stereocenters. The molecule has 0 bridgehead atoms. The van der Waals surface area contributed by atoms with Gasteiger partial charge in [-0.2, -0.15) is 5.10 Å². The molecule has 206 valence electrons. The van der Waals surface area contributed by atoms with Crippen LogP contribution in [0.4, 0.5) is 0 Å². The van der Waals surface area contributed by atoms with E-state index >= 15 is 0 Å². The number of carbonyl (C=O) groups is 1. The molecule has 0 saturated carbocycles. The standard InChI is InChI=1S/C32H39BrN4O2/c1-4-5-9-25(14-12-22(2)24-10-7-6-8-11-24)28-20-35-37-31(28)23(3)13-15-27(30(33)32(37)34)26-16-18-36(19-17-26)29(39)21-38/h5-12,14,20,23,26,34,38H,4,13,15-19,21H2,1-3H3. The summed E-state index contributed by atoms with van der Waals surface area (Å²) in [7, 11) is 0. The Kier molecular flexibility index (Phi) is 9.92. The second-order valence-corrected chi connectivity index (χ2v) is 11.2. The number of amides is 1. The molecule has 39 heavy (non-hydrogen) atoms. The van der Waals surface area contributed by atoms with Crippen molar-refractivity contribution >= 4 is 38.8 Å². The summed E-state index contributed by atoms with van der Waals surface area (Å²) < 4.78 is 2.61. The molecule has 2 aromatic rings. The predicted octanol–water partition coefficient (Wildman–Crippen LogP) is 6.94. The number of piperidine rings is 1. The molecule has 4 rings (SSSR count). The highest BCUT2D eigenvalue weighted by molar-refractivity contribution is 9.12. The van der Waals surface area contributed by atoms with Crippen LogP contribution in [0.2, 0.25) is 0 Å². The van der Waals surface area contributed by atoms with Gasteiger partial charge in [0, 0.05) is 18.7 Å². The number of aliphatic hydroxyl groups is 1. The zero-order valence-electron chi connectivity index (χ0n) is 23.2. The number of carbonyl (C=O) groups excluding carboxylic acids is 1. The number of allylic oxidation sites excluding steroid dienone is 8. The first-order chi connectivity index (χ1) is 18.8. The fourth-order valence-electron chi connectivity index (χ4n) is 5.55. The molecule has 1 amide bonds. The van der Waals surface area contributed by atoms with Gasteiger partial charge in [0.05, 0.1) is 16.4 Å². The van der Waals surface area contributed by atoms with Crippen LogP contribution in [0.1, 0.15) is 75.6 Å². The molecule has 1 aromatic heterocycles. The molecule has 1 unspecified atom stereocenters. The minimum Gasteiger partial charge on any atom is -0.387 e. The normalized spacial score (nSPS) is 19.9. The smallest absolute Gasteiger partial charge is 0.248 e. The third-order valence-corrected chi connectivity index (χ3v) is 8.77. The molecule has 1 aromatic carbocycles. The summed E-state index contributed by atoms with van der Waals surface area (Å²) in [5.41, 5.74) is 6.85. The Labute approximate surface area is 240 Å². The van der Waals surface area contributed by atoms with Crippen molar-refractivity contribution in [1.82, 2.24) is 14.7 Å². The van der Waals surface area contributed by atoms with Gasteiger partial charge in [0.15, 0.2) is 5.84 Å². The third-order valence-electron chi connectivity index (χ3n) is 7.88. The van der Waals surface area contributed by atoms with Crippen molar-refractivity contribution in [3.63, 3.8) is 0 Å². The molecule has 1 saturated heterocycles. The van der Waals surface area contributed by atoms with E-state index in [1.54, 1.807) is 9.58 Å². The van der Waals surface area contributed by atoms with Crippen LogP contribution >= 0.6 is 15.9 Å².